The van der Waals surface area contributed by atoms with Crippen LogP contribution in [0.1, 0.15) is 36.8 Å². The summed E-state index contributed by atoms with van der Waals surface area (Å²) in [6, 6.07) is 6.06. The number of nitrogens with zero attached hydrogens (tertiary/aromatic N) is 2. The van der Waals surface area contributed by atoms with Gasteiger partial charge in [-0.15, -0.1) is 0 Å². The molecule has 1 amide bonds. The number of rotatable bonds is 6. The van der Waals surface area contributed by atoms with Gasteiger partial charge in [0.1, 0.15) is 5.75 Å². The highest BCUT2D eigenvalue weighted by Crippen LogP contribution is 2.50. The van der Waals surface area contributed by atoms with E-state index in [-0.39, 0.29) is 5.91 Å². The van der Waals surface area contributed by atoms with Gasteiger partial charge in [-0.1, -0.05) is 12.1 Å². The molecule has 0 spiro atoms. The van der Waals surface area contributed by atoms with Crippen LogP contribution in [0, 0.1) is 12.8 Å². The zero-order valence-corrected chi connectivity index (χ0v) is 14.2. The molecule has 24 heavy (non-hydrogen) atoms. The molecule has 2 aliphatic carbocycles. The summed E-state index contributed by atoms with van der Waals surface area (Å²) in [7, 11) is 1.67. The quantitative estimate of drug-likeness (QED) is 0.887. The SMILES string of the molecule is COc1cc(C2(C(=O)Nc3cnn(CC4CC4)c3)CC2)ccc1C. The van der Waals surface area contributed by atoms with E-state index in [2.05, 4.69) is 10.4 Å². The third kappa shape index (κ3) is 2.79. The lowest BCUT2D eigenvalue weighted by molar-refractivity contribution is -0.118. The normalized spacial score (nSPS) is 18.2. The van der Waals surface area contributed by atoms with Gasteiger partial charge in [-0.2, -0.15) is 5.10 Å². The minimum Gasteiger partial charge on any atom is -0.496 e. The zero-order chi connectivity index (χ0) is 16.7. The number of aromatic nitrogens is 2. The lowest BCUT2D eigenvalue weighted by Gasteiger charge is -2.17. The van der Waals surface area contributed by atoms with Crippen molar-refractivity contribution in [3.05, 3.63) is 41.7 Å². The first-order valence-electron chi connectivity index (χ1n) is 8.60. The number of aryl methyl sites for hydroxylation is 1. The molecule has 0 unspecified atom stereocenters. The predicted molar refractivity (Wildman–Crippen MR) is 92.2 cm³/mol. The van der Waals surface area contributed by atoms with Crippen molar-refractivity contribution in [3.63, 3.8) is 0 Å². The van der Waals surface area contributed by atoms with Crippen LogP contribution in [0.2, 0.25) is 0 Å². The van der Waals surface area contributed by atoms with Gasteiger partial charge < -0.3 is 10.1 Å². The van der Waals surface area contributed by atoms with Crippen LogP contribution < -0.4 is 10.1 Å². The van der Waals surface area contributed by atoms with Crippen LogP contribution in [0.4, 0.5) is 5.69 Å². The number of methoxy groups -OCH3 is 1. The van der Waals surface area contributed by atoms with Crippen molar-refractivity contribution in [2.24, 2.45) is 5.92 Å². The van der Waals surface area contributed by atoms with E-state index in [0.717, 1.165) is 47.9 Å². The topological polar surface area (TPSA) is 56.1 Å². The summed E-state index contributed by atoms with van der Waals surface area (Å²) in [6.07, 6.45) is 8.01. The molecule has 5 heteroatoms. The summed E-state index contributed by atoms with van der Waals surface area (Å²) in [4.78, 5) is 12.8. The number of carbonyl (C=O) groups excluding carboxylic acids is 1. The molecular weight excluding hydrogens is 302 g/mol. The van der Waals surface area contributed by atoms with Crippen molar-refractivity contribution in [3.8, 4) is 5.75 Å². The second-order valence-electron chi connectivity index (χ2n) is 7.12. The molecule has 5 nitrogen and oxygen atoms in total. The first-order valence-corrected chi connectivity index (χ1v) is 8.60. The second-order valence-corrected chi connectivity index (χ2v) is 7.12. The standard InChI is InChI=1S/C19H23N3O2/c1-13-3-6-15(9-17(13)24-2)19(7-8-19)18(23)21-16-10-20-22(12-16)11-14-4-5-14/h3,6,9-10,12,14H,4-5,7-8,11H2,1-2H3,(H,21,23). The van der Waals surface area contributed by atoms with Crippen LogP contribution in [-0.2, 0) is 16.8 Å². The summed E-state index contributed by atoms with van der Waals surface area (Å²) in [6.45, 7) is 2.96. The van der Waals surface area contributed by atoms with Crippen molar-refractivity contribution in [1.29, 1.82) is 0 Å². The predicted octanol–water partition coefficient (Wildman–Crippen LogP) is 3.28. The number of amides is 1. The number of anilines is 1. The Morgan fingerprint density at radius 3 is 2.88 bits per heavy atom. The number of nitrogens with one attached hydrogen (secondary N) is 1. The maximum Gasteiger partial charge on any atom is 0.235 e. The Morgan fingerprint density at radius 2 is 2.21 bits per heavy atom. The van der Waals surface area contributed by atoms with Gasteiger partial charge >= 0.3 is 0 Å². The minimum absolute atomic E-state index is 0.0550. The molecule has 0 saturated heterocycles. The molecule has 0 aliphatic heterocycles. The van der Waals surface area contributed by atoms with E-state index in [4.69, 9.17) is 4.74 Å². The highest BCUT2D eigenvalue weighted by molar-refractivity contribution is 6.01. The fourth-order valence-electron chi connectivity index (χ4n) is 3.23. The summed E-state index contributed by atoms with van der Waals surface area (Å²) >= 11 is 0. The van der Waals surface area contributed by atoms with E-state index in [1.54, 1.807) is 13.3 Å². The fraction of sp³-hybridized carbons (Fsp3) is 0.474. The minimum atomic E-state index is -0.417. The van der Waals surface area contributed by atoms with E-state index in [1.165, 1.54) is 12.8 Å². The molecule has 2 fully saturated rings. The van der Waals surface area contributed by atoms with Crippen molar-refractivity contribution >= 4 is 11.6 Å². The highest BCUT2D eigenvalue weighted by atomic mass is 16.5. The van der Waals surface area contributed by atoms with E-state index >= 15 is 0 Å². The Labute approximate surface area is 142 Å². The molecule has 1 heterocycles. The first-order chi connectivity index (χ1) is 11.6. The Hall–Kier alpha value is -2.30. The van der Waals surface area contributed by atoms with Crippen LogP contribution in [0.15, 0.2) is 30.6 Å². The van der Waals surface area contributed by atoms with Gasteiger partial charge in [0.15, 0.2) is 0 Å². The van der Waals surface area contributed by atoms with Gasteiger partial charge in [-0.3, -0.25) is 9.48 Å². The lowest BCUT2D eigenvalue weighted by atomic mass is 9.93. The molecule has 0 bridgehead atoms. The first kappa shape index (κ1) is 15.2. The van der Waals surface area contributed by atoms with Gasteiger partial charge in [-0.25, -0.2) is 0 Å². The van der Waals surface area contributed by atoms with Crippen LogP contribution in [0.5, 0.6) is 5.75 Å². The van der Waals surface area contributed by atoms with Gasteiger partial charge in [0.05, 0.1) is 24.4 Å². The molecule has 4 rings (SSSR count). The van der Waals surface area contributed by atoms with Crippen molar-refractivity contribution in [2.45, 2.75) is 44.6 Å². The summed E-state index contributed by atoms with van der Waals surface area (Å²) in [5.41, 5.74) is 2.48. The number of hydrogen-bond donors (Lipinski definition) is 1. The molecule has 1 N–H and O–H groups in total. The molecule has 0 radical (unpaired) electrons. The zero-order valence-electron chi connectivity index (χ0n) is 14.2. The van der Waals surface area contributed by atoms with Gasteiger partial charge in [0, 0.05) is 12.7 Å². The van der Waals surface area contributed by atoms with Crippen molar-refractivity contribution in [2.75, 3.05) is 12.4 Å². The highest BCUT2D eigenvalue weighted by Gasteiger charge is 2.51. The molecule has 2 aromatic rings. The van der Waals surface area contributed by atoms with Crippen LogP contribution >= 0.6 is 0 Å². The number of hydrogen-bond acceptors (Lipinski definition) is 3. The Kier molecular flexibility index (Phi) is 3.59. The van der Waals surface area contributed by atoms with E-state index in [1.807, 2.05) is 36.0 Å². The maximum absolute atomic E-state index is 12.8. The third-order valence-corrected chi connectivity index (χ3v) is 5.18. The third-order valence-electron chi connectivity index (χ3n) is 5.18. The van der Waals surface area contributed by atoms with Gasteiger partial charge in [-0.05, 0) is 55.7 Å². The van der Waals surface area contributed by atoms with Crippen molar-refractivity contribution < 1.29 is 9.53 Å². The van der Waals surface area contributed by atoms with Crippen LogP contribution in [0.3, 0.4) is 0 Å². The number of carbonyl (C=O) groups is 1. The van der Waals surface area contributed by atoms with Crippen LogP contribution in [-0.4, -0.2) is 22.8 Å². The Bertz CT molecular complexity index is 773. The molecule has 1 aromatic carbocycles. The second kappa shape index (κ2) is 5.65. The summed E-state index contributed by atoms with van der Waals surface area (Å²) in [5, 5.41) is 7.39. The van der Waals surface area contributed by atoms with Gasteiger partial charge in [0.2, 0.25) is 5.91 Å². The maximum atomic E-state index is 12.8. The molecular formula is C19H23N3O2. The van der Waals surface area contributed by atoms with Gasteiger partial charge in [0.25, 0.3) is 0 Å². The Balaban J connectivity index is 1.49. The fourth-order valence-corrected chi connectivity index (χ4v) is 3.23. The molecule has 0 atom stereocenters. The van der Waals surface area contributed by atoms with E-state index in [0.29, 0.717) is 0 Å². The number of benzene rings is 1. The molecule has 2 saturated carbocycles. The van der Waals surface area contributed by atoms with Crippen molar-refractivity contribution in [1.82, 2.24) is 9.78 Å². The van der Waals surface area contributed by atoms with E-state index in [9.17, 15) is 4.79 Å². The Morgan fingerprint density at radius 1 is 1.42 bits per heavy atom. The monoisotopic (exact) mass is 325 g/mol. The van der Waals surface area contributed by atoms with E-state index < -0.39 is 5.41 Å². The average molecular weight is 325 g/mol. The van der Waals surface area contributed by atoms with Crippen LogP contribution in [0.25, 0.3) is 0 Å². The summed E-state index contributed by atoms with van der Waals surface area (Å²) < 4.78 is 7.34. The lowest BCUT2D eigenvalue weighted by Crippen LogP contribution is -2.27. The molecule has 2 aliphatic rings. The summed E-state index contributed by atoms with van der Waals surface area (Å²) in [5.74, 6) is 1.66. The largest absolute Gasteiger partial charge is 0.496 e. The molecule has 126 valence electrons. The smallest absolute Gasteiger partial charge is 0.235 e. The average Bonchev–Trinajstić information content (AvgIpc) is 3.48. The molecule has 1 aromatic heterocycles. The number of ether oxygens (including phenoxy) is 1.